The highest BCUT2D eigenvalue weighted by Crippen LogP contribution is 2.33. The second kappa shape index (κ2) is 9.20. The summed E-state index contributed by atoms with van der Waals surface area (Å²) in [5, 5.41) is 8.90. The number of nitrogens with one attached hydrogen (secondary N) is 1. The van der Waals surface area contributed by atoms with Gasteiger partial charge in [-0.1, -0.05) is 35.3 Å². The summed E-state index contributed by atoms with van der Waals surface area (Å²) in [6, 6.07) is 17.9. The van der Waals surface area contributed by atoms with Crippen LogP contribution in [-0.4, -0.2) is 29.1 Å². The van der Waals surface area contributed by atoms with E-state index in [1.54, 1.807) is 60.4 Å². The van der Waals surface area contributed by atoms with Crippen molar-refractivity contribution >= 4 is 51.4 Å². The quantitative estimate of drug-likeness (QED) is 0.297. The van der Waals surface area contributed by atoms with Gasteiger partial charge < -0.3 is 10.1 Å². The van der Waals surface area contributed by atoms with E-state index >= 15 is 0 Å². The Hall–Kier alpha value is -4.47. The molecule has 0 aliphatic heterocycles. The number of fused-ring (bicyclic) bond motifs is 2. The average molecular weight is 530 g/mol. The third-order valence-electron chi connectivity index (χ3n) is 5.73. The Morgan fingerprint density at radius 1 is 0.919 bits per heavy atom. The Morgan fingerprint density at radius 3 is 2.51 bits per heavy atom. The molecule has 1 N–H and O–H groups in total. The number of pyridine rings is 3. The van der Waals surface area contributed by atoms with Crippen molar-refractivity contribution < 1.29 is 4.74 Å². The van der Waals surface area contributed by atoms with Crippen LogP contribution in [0.1, 0.15) is 0 Å². The smallest absolute Gasteiger partial charge is 0.259 e. The summed E-state index contributed by atoms with van der Waals surface area (Å²) in [7, 11) is 1.64. The van der Waals surface area contributed by atoms with Crippen LogP contribution in [0, 0.1) is 0 Å². The number of rotatable bonds is 5. The average Bonchev–Trinajstić information content (AvgIpc) is 3.30. The van der Waals surface area contributed by atoms with Crippen LogP contribution in [0.2, 0.25) is 10.0 Å². The molecule has 0 amide bonds. The van der Waals surface area contributed by atoms with Gasteiger partial charge in [0.25, 0.3) is 5.56 Å². The fourth-order valence-electron chi connectivity index (χ4n) is 3.96. The summed E-state index contributed by atoms with van der Waals surface area (Å²) in [5.41, 5.74) is 2.59. The van der Waals surface area contributed by atoms with Crippen molar-refractivity contribution in [3.63, 3.8) is 0 Å². The number of halogens is 2. The lowest BCUT2D eigenvalue weighted by Crippen LogP contribution is -2.20. The highest BCUT2D eigenvalue weighted by molar-refractivity contribution is 6.39. The van der Waals surface area contributed by atoms with Crippen molar-refractivity contribution in [3.05, 3.63) is 99.7 Å². The van der Waals surface area contributed by atoms with Gasteiger partial charge in [0.2, 0.25) is 17.7 Å². The molecule has 0 spiro atoms. The molecule has 0 unspecified atom stereocenters. The van der Waals surface area contributed by atoms with E-state index in [1.807, 2.05) is 30.5 Å². The van der Waals surface area contributed by atoms with Crippen molar-refractivity contribution in [2.75, 3.05) is 5.32 Å². The molecule has 0 aliphatic rings. The largest absolute Gasteiger partial charge is 0.419 e. The number of nitrogens with zero attached hydrogens (tertiary/aromatic N) is 6. The molecule has 0 radical (unpaired) electrons. The van der Waals surface area contributed by atoms with Gasteiger partial charge >= 0.3 is 0 Å². The number of aromatic nitrogens is 6. The number of hydrogen-bond donors (Lipinski definition) is 1. The molecule has 5 heterocycles. The number of anilines is 2. The molecule has 6 aromatic rings. The maximum atomic E-state index is 13.1. The maximum Gasteiger partial charge on any atom is 0.259 e. The first-order valence-electron chi connectivity index (χ1n) is 11.1. The fraction of sp³-hybridized carbons (Fsp3) is 0.0385. The summed E-state index contributed by atoms with van der Waals surface area (Å²) in [6.45, 7) is 0. The number of benzene rings is 1. The highest BCUT2D eigenvalue weighted by atomic mass is 35.5. The number of ether oxygens (including phenoxy) is 1. The molecule has 0 atom stereocenters. The van der Waals surface area contributed by atoms with Crippen LogP contribution >= 0.6 is 23.2 Å². The van der Waals surface area contributed by atoms with Crippen molar-refractivity contribution in [2.24, 2.45) is 7.05 Å². The molecule has 182 valence electrons. The van der Waals surface area contributed by atoms with Crippen LogP contribution < -0.4 is 15.6 Å². The van der Waals surface area contributed by atoms with Gasteiger partial charge in [-0.3, -0.25) is 9.36 Å². The SMILES string of the molecule is Cn1c(=O)c(-c2c(Cl)cccc2Cl)cc2cnc(Nc3ccc(Oc4cc5ccccn5n4)nc3)nc21. The zero-order valence-corrected chi connectivity index (χ0v) is 20.8. The topological polar surface area (TPSA) is 99.2 Å². The van der Waals surface area contributed by atoms with E-state index in [2.05, 4.69) is 25.4 Å². The lowest BCUT2D eigenvalue weighted by molar-refractivity contribution is 0.441. The Balaban J connectivity index is 1.25. The molecule has 1 aromatic carbocycles. The monoisotopic (exact) mass is 529 g/mol. The molecule has 9 nitrogen and oxygen atoms in total. The zero-order valence-electron chi connectivity index (χ0n) is 19.3. The maximum absolute atomic E-state index is 13.1. The molecule has 0 aliphatic carbocycles. The van der Waals surface area contributed by atoms with Gasteiger partial charge in [-0.2, -0.15) is 4.98 Å². The minimum Gasteiger partial charge on any atom is -0.419 e. The van der Waals surface area contributed by atoms with Crippen LogP contribution in [0.3, 0.4) is 0 Å². The van der Waals surface area contributed by atoms with Crippen LogP contribution in [0.15, 0.2) is 84.0 Å². The van der Waals surface area contributed by atoms with Crippen molar-refractivity contribution in [1.29, 1.82) is 0 Å². The van der Waals surface area contributed by atoms with Crippen LogP contribution in [-0.2, 0) is 7.05 Å². The minimum absolute atomic E-state index is 0.276. The summed E-state index contributed by atoms with van der Waals surface area (Å²) < 4.78 is 8.93. The Kier molecular flexibility index (Phi) is 5.71. The third kappa shape index (κ3) is 4.35. The van der Waals surface area contributed by atoms with Gasteiger partial charge in [0, 0.05) is 42.5 Å². The van der Waals surface area contributed by atoms with Gasteiger partial charge in [0.05, 0.1) is 33.0 Å². The summed E-state index contributed by atoms with van der Waals surface area (Å²) in [5.74, 6) is 1.14. The molecule has 11 heteroatoms. The number of hydrogen-bond acceptors (Lipinski definition) is 7. The Labute approximate surface area is 219 Å². The number of aryl methyl sites for hydroxylation is 1. The van der Waals surface area contributed by atoms with Crippen LogP contribution in [0.5, 0.6) is 11.8 Å². The summed E-state index contributed by atoms with van der Waals surface area (Å²) in [6.07, 6.45) is 5.07. The first-order valence-corrected chi connectivity index (χ1v) is 11.9. The van der Waals surface area contributed by atoms with Crippen LogP contribution in [0.25, 0.3) is 27.7 Å². The van der Waals surface area contributed by atoms with Gasteiger partial charge in [-0.15, -0.1) is 5.10 Å². The lowest BCUT2D eigenvalue weighted by atomic mass is 10.1. The molecule has 0 fully saturated rings. The molecule has 0 saturated carbocycles. The van der Waals surface area contributed by atoms with Gasteiger partial charge in [-0.25, -0.2) is 14.5 Å². The second-order valence-corrected chi connectivity index (χ2v) is 8.97. The minimum atomic E-state index is -0.276. The van der Waals surface area contributed by atoms with Gasteiger partial charge in [-0.05, 0) is 36.4 Å². The van der Waals surface area contributed by atoms with Gasteiger partial charge in [0.1, 0.15) is 5.65 Å². The standard InChI is InChI=1S/C26H17Cl2N7O2/c1-34-24-15(11-18(25(34)36)23-19(27)6-4-7-20(23)28)13-30-26(32-24)31-16-8-9-21(29-14-16)37-22-12-17-5-2-3-10-35(17)33-22/h2-14H,1H3,(H,30,31,32). The highest BCUT2D eigenvalue weighted by Gasteiger charge is 2.16. The van der Waals surface area contributed by atoms with E-state index in [0.717, 1.165) is 5.52 Å². The van der Waals surface area contributed by atoms with E-state index in [4.69, 9.17) is 27.9 Å². The molecule has 5 aromatic heterocycles. The lowest BCUT2D eigenvalue weighted by Gasteiger charge is -2.12. The molecule has 0 saturated heterocycles. The van der Waals surface area contributed by atoms with E-state index in [1.165, 1.54) is 4.57 Å². The van der Waals surface area contributed by atoms with Gasteiger partial charge in [0.15, 0.2) is 0 Å². The first-order chi connectivity index (χ1) is 18.0. The van der Waals surface area contributed by atoms with E-state index in [9.17, 15) is 4.79 Å². The molecule has 0 bridgehead atoms. The van der Waals surface area contributed by atoms with Crippen LogP contribution in [0.4, 0.5) is 11.6 Å². The molecular weight excluding hydrogens is 513 g/mol. The second-order valence-electron chi connectivity index (χ2n) is 8.16. The first kappa shape index (κ1) is 23.0. The molecule has 37 heavy (non-hydrogen) atoms. The third-order valence-corrected chi connectivity index (χ3v) is 6.36. The fourth-order valence-corrected chi connectivity index (χ4v) is 4.56. The summed E-state index contributed by atoms with van der Waals surface area (Å²) in [4.78, 5) is 26.4. The Morgan fingerprint density at radius 2 is 1.76 bits per heavy atom. The molecule has 6 rings (SSSR count). The zero-order chi connectivity index (χ0) is 25.5. The van der Waals surface area contributed by atoms with Crippen molar-refractivity contribution in [1.82, 2.24) is 29.1 Å². The predicted molar refractivity (Wildman–Crippen MR) is 143 cm³/mol. The van der Waals surface area contributed by atoms with E-state index in [0.29, 0.717) is 55.6 Å². The van der Waals surface area contributed by atoms with E-state index < -0.39 is 0 Å². The Bertz CT molecular complexity index is 1800. The summed E-state index contributed by atoms with van der Waals surface area (Å²) >= 11 is 12.7. The predicted octanol–water partition coefficient (Wildman–Crippen LogP) is 5.88. The van der Waals surface area contributed by atoms with E-state index in [-0.39, 0.29) is 5.56 Å². The molecular formula is C26H17Cl2N7O2. The normalized spacial score (nSPS) is 11.2. The van der Waals surface area contributed by atoms with Crippen molar-refractivity contribution in [3.8, 4) is 22.9 Å². The van der Waals surface area contributed by atoms with Crippen molar-refractivity contribution in [2.45, 2.75) is 0 Å².